The SMILES string of the molecule is CCCNC(C)(C#N)CC(C)Sc1cc(F)ccc1F. The number of nitrogens with zero attached hydrogens (tertiary/aromatic N) is 1. The number of benzene rings is 1. The van der Waals surface area contributed by atoms with E-state index in [0.29, 0.717) is 6.42 Å². The van der Waals surface area contributed by atoms with Crippen molar-refractivity contribution in [2.24, 2.45) is 0 Å². The van der Waals surface area contributed by atoms with Gasteiger partial charge in [-0.15, -0.1) is 11.8 Å². The number of halogens is 2. The second-order valence-electron chi connectivity index (χ2n) is 5.08. The molecule has 5 heteroatoms. The zero-order valence-electron chi connectivity index (χ0n) is 12.0. The van der Waals surface area contributed by atoms with Crippen LogP contribution in [0.5, 0.6) is 0 Å². The summed E-state index contributed by atoms with van der Waals surface area (Å²) < 4.78 is 26.7. The molecule has 1 N–H and O–H groups in total. The van der Waals surface area contributed by atoms with Crippen LogP contribution in [0.1, 0.15) is 33.6 Å². The summed E-state index contributed by atoms with van der Waals surface area (Å²) in [6, 6.07) is 5.69. The van der Waals surface area contributed by atoms with E-state index in [9.17, 15) is 14.0 Å². The lowest BCUT2D eigenvalue weighted by atomic mass is 9.98. The summed E-state index contributed by atoms with van der Waals surface area (Å²) in [5, 5.41) is 12.5. The highest BCUT2D eigenvalue weighted by Crippen LogP contribution is 2.30. The van der Waals surface area contributed by atoms with Crippen molar-refractivity contribution in [3.8, 4) is 6.07 Å². The average molecular weight is 298 g/mol. The van der Waals surface area contributed by atoms with Crippen LogP contribution in [0.25, 0.3) is 0 Å². The fourth-order valence-corrected chi connectivity index (χ4v) is 3.17. The van der Waals surface area contributed by atoms with Crippen molar-refractivity contribution < 1.29 is 8.78 Å². The molecule has 0 spiro atoms. The molecule has 110 valence electrons. The number of thioether (sulfide) groups is 1. The summed E-state index contributed by atoms with van der Waals surface area (Å²) in [5.41, 5.74) is -0.647. The van der Waals surface area contributed by atoms with E-state index in [-0.39, 0.29) is 10.1 Å². The summed E-state index contributed by atoms with van der Waals surface area (Å²) in [7, 11) is 0. The van der Waals surface area contributed by atoms with Crippen LogP contribution >= 0.6 is 11.8 Å². The van der Waals surface area contributed by atoms with Gasteiger partial charge in [0, 0.05) is 10.1 Å². The van der Waals surface area contributed by atoms with Gasteiger partial charge in [-0.25, -0.2) is 8.78 Å². The summed E-state index contributed by atoms with van der Waals surface area (Å²) in [6.45, 7) is 6.54. The molecule has 2 unspecified atom stereocenters. The second kappa shape index (κ2) is 7.61. The average Bonchev–Trinajstić information content (AvgIpc) is 2.40. The van der Waals surface area contributed by atoms with Gasteiger partial charge in [-0.2, -0.15) is 5.26 Å². The van der Waals surface area contributed by atoms with Crippen molar-refractivity contribution in [3.05, 3.63) is 29.8 Å². The molecule has 2 nitrogen and oxygen atoms in total. The van der Waals surface area contributed by atoms with Crippen molar-refractivity contribution in [2.45, 2.75) is 49.3 Å². The summed E-state index contributed by atoms with van der Waals surface area (Å²) >= 11 is 1.25. The van der Waals surface area contributed by atoms with Gasteiger partial charge in [-0.1, -0.05) is 13.8 Å². The maximum Gasteiger partial charge on any atom is 0.136 e. The van der Waals surface area contributed by atoms with E-state index in [1.54, 1.807) is 0 Å². The maximum atomic E-state index is 13.6. The van der Waals surface area contributed by atoms with Crippen LogP contribution in [0.4, 0.5) is 8.78 Å². The maximum absolute atomic E-state index is 13.6. The molecule has 1 aromatic carbocycles. The van der Waals surface area contributed by atoms with E-state index < -0.39 is 17.2 Å². The summed E-state index contributed by atoms with van der Waals surface area (Å²) in [6.07, 6.45) is 1.50. The van der Waals surface area contributed by atoms with Crippen molar-refractivity contribution >= 4 is 11.8 Å². The normalized spacial score (nSPS) is 15.4. The first kappa shape index (κ1) is 16.9. The lowest BCUT2D eigenvalue weighted by Crippen LogP contribution is -2.43. The van der Waals surface area contributed by atoms with Gasteiger partial charge in [-0.3, -0.25) is 5.32 Å². The molecule has 1 aromatic rings. The Morgan fingerprint density at radius 1 is 1.45 bits per heavy atom. The summed E-state index contributed by atoms with van der Waals surface area (Å²) in [4.78, 5) is 0.285. The van der Waals surface area contributed by atoms with E-state index in [1.807, 2.05) is 20.8 Å². The highest BCUT2D eigenvalue weighted by Gasteiger charge is 2.26. The molecule has 0 aromatic heterocycles. The number of rotatable bonds is 7. The van der Waals surface area contributed by atoms with Crippen LogP contribution in [0.3, 0.4) is 0 Å². The Hall–Kier alpha value is -1.12. The smallest absolute Gasteiger partial charge is 0.136 e. The monoisotopic (exact) mass is 298 g/mol. The van der Waals surface area contributed by atoms with Gasteiger partial charge in [-0.05, 0) is 44.5 Å². The molecule has 0 bridgehead atoms. The third kappa shape index (κ3) is 5.10. The standard InChI is InChI=1S/C15H20F2N2S/c1-4-7-19-15(3,10-18)9-11(2)20-14-8-12(16)5-6-13(14)17/h5-6,8,11,19H,4,7,9H2,1-3H3. The largest absolute Gasteiger partial charge is 0.300 e. The van der Waals surface area contributed by atoms with E-state index >= 15 is 0 Å². The number of nitriles is 1. The molecule has 0 amide bonds. The first-order chi connectivity index (χ1) is 9.40. The van der Waals surface area contributed by atoms with Crippen LogP contribution < -0.4 is 5.32 Å². The first-order valence-electron chi connectivity index (χ1n) is 6.68. The second-order valence-corrected chi connectivity index (χ2v) is 6.56. The van der Waals surface area contributed by atoms with Gasteiger partial charge in [0.05, 0.1) is 6.07 Å². The van der Waals surface area contributed by atoms with E-state index in [2.05, 4.69) is 11.4 Å². The highest BCUT2D eigenvalue weighted by atomic mass is 32.2. The van der Waals surface area contributed by atoms with Crippen molar-refractivity contribution in [3.63, 3.8) is 0 Å². The lowest BCUT2D eigenvalue weighted by Gasteiger charge is -2.26. The van der Waals surface area contributed by atoms with E-state index in [0.717, 1.165) is 25.1 Å². The van der Waals surface area contributed by atoms with Gasteiger partial charge in [0.1, 0.15) is 17.2 Å². The molecule has 0 aliphatic heterocycles. The number of nitrogens with one attached hydrogen (secondary N) is 1. The van der Waals surface area contributed by atoms with Crippen molar-refractivity contribution in [1.29, 1.82) is 5.26 Å². The highest BCUT2D eigenvalue weighted by molar-refractivity contribution is 8.00. The number of hydrogen-bond donors (Lipinski definition) is 1. The molecule has 0 saturated heterocycles. The first-order valence-corrected chi connectivity index (χ1v) is 7.56. The molecule has 0 aliphatic carbocycles. The quantitative estimate of drug-likeness (QED) is 0.769. The topological polar surface area (TPSA) is 35.8 Å². The Kier molecular flexibility index (Phi) is 6.44. The van der Waals surface area contributed by atoms with Gasteiger partial charge >= 0.3 is 0 Å². The minimum atomic E-state index is -0.647. The summed E-state index contributed by atoms with van der Waals surface area (Å²) in [5.74, 6) is -0.878. The molecule has 0 radical (unpaired) electrons. The predicted molar refractivity (Wildman–Crippen MR) is 78.6 cm³/mol. The molecule has 1 rings (SSSR count). The molecule has 2 atom stereocenters. The fraction of sp³-hybridized carbons (Fsp3) is 0.533. The third-order valence-corrected chi connectivity index (χ3v) is 4.06. The zero-order valence-corrected chi connectivity index (χ0v) is 12.9. The predicted octanol–water partition coefficient (Wildman–Crippen LogP) is 4.12. The van der Waals surface area contributed by atoms with Gasteiger partial charge in [0.15, 0.2) is 0 Å². The molecule has 0 saturated carbocycles. The van der Waals surface area contributed by atoms with Crippen molar-refractivity contribution in [1.82, 2.24) is 5.32 Å². The minimum Gasteiger partial charge on any atom is -0.300 e. The zero-order chi connectivity index (χ0) is 15.2. The molecule has 20 heavy (non-hydrogen) atoms. The van der Waals surface area contributed by atoms with Crippen LogP contribution in [-0.2, 0) is 0 Å². The van der Waals surface area contributed by atoms with Crippen LogP contribution in [0, 0.1) is 23.0 Å². The van der Waals surface area contributed by atoms with Crippen molar-refractivity contribution in [2.75, 3.05) is 6.54 Å². The Morgan fingerprint density at radius 2 is 2.15 bits per heavy atom. The molecule has 0 aliphatic rings. The van der Waals surface area contributed by atoms with Crippen LogP contribution in [-0.4, -0.2) is 17.3 Å². The number of hydrogen-bond acceptors (Lipinski definition) is 3. The van der Waals surface area contributed by atoms with E-state index in [4.69, 9.17) is 0 Å². The van der Waals surface area contributed by atoms with Crippen LogP contribution in [0.15, 0.2) is 23.1 Å². The minimum absolute atomic E-state index is 0.000283. The fourth-order valence-electron chi connectivity index (χ4n) is 1.96. The molecular formula is C15H20F2N2S. The van der Waals surface area contributed by atoms with Crippen LogP contribution in [0.2, 0.25) is 0 Å². The van der Waals surface area contributed by atoms with Gasteiger partial charge in [0.25, 0.3) is 0 Å². The molecule has 0 heterocycles. The van der Waals surface area contributed by atoms with Gasteiger partial charge in [0.2, 0.25) is 0 Å². The van der Waals surface area contributed by atoms with E-state index in [1.165, 1.54) is 17.8 Å². The Bertz CT molecular complexity index is 487. The third-order valence-electron chi connectivity index (χ3n) is 2.93. The Morgan fingerprint density at radius 3 is 2.75 bits per heavy atom. The molecule has 0 fully saturated rings. The van der Waals surface area contributed by atoms with Gasteiger partial charge < -0.3 is 0 Å². The molecular weight excluding hydrogens is 278 g/mol. The Balaban J connectivity index is 2.69. The lowest BCUT2D eigenvalue weighted by molar-refractivity contribution is 0.418. The Labute approximate surface area is 123 Å².